The first kappa shape index (κ1) is 20.4. The van der Waals surface area contributed by atoms with E-state index >= 15 is 0 Å². The number of benzene rings is 1. The summed E-state index contributed by atoms with van der Waals surface area (Å²) in [7, 11) is 0. The number of anilines is 1. The molecule has 1 aliphatic carbocycles. The number of rotatable bonds is 3. The molecule has 1 atom stereocenters. The molecular weight excluding hydrogens is 439 g/mol. The lowest BCUT2D eigenvalue weighted by Gasteiger charge is -2.48. The van der Waals surface area contributed by atoms with Crippen LogP contribution < -0.4 is 10.6 Å². The largest absolute Gasteiger partial charge is 0.342 e. The summed E-state index contributed by atoms with van der Waals surface area (Å²) in [6, 6.07) is 5.94. The smallest absolute Gasteiger partial charge is 0.212 e. The van der Waals surface area contributed by atoms with Crippen molar-refractivity contribution in [2.75, 3.05) is 18.0 Å². The zero-order chi connectivity index (χ0) is 20.7. The van der Waals surface area contributed by atoms with Crippen LogP contribution in [0.5, 0.6) is 0 Å². The van der Waals surface area contributed by atoms with Gasteiger partial charge in [-0.25, -0.2) is 9.38 Å². The molecule has 2 aromatic heterocycles. The highest BCUT2D eigenvalue weighted by molar-refractivity contribution is 7.99. The molecule has 9 heteroatoms. The van der Waals surface area contributed by atoms with E-state index in [9.17, 15) is 0 Å². The Balaban J connectivity index is 1.40. The number of halogens is 2. The molecular formula is C21H24Cl2N6S. The van der Waals surface area contributed by atoms with E-state index in [1.165, 1.54) is 31.0 Å². The van der Waals surface area contributed by atoms with Crippen LogP contribution in [0.25, 0.3) is 5.65 Å². The summed E-state index contributed by atoms with van der Waals surface area (Å²) in [6.45, 7) is 1.92. The Bertz CT molecular complexity index is 1060. The van der Waals surface area contributed by atoms with E-state index in [1.54, 1.807) is 12.4 Å². The lowest BCUT2D eigenvalue weighted by Crippen LogP contribution is -2.51. The van der Waals surface area contributed by atoms with Gasteiger partial charge >= 0.3 is 0 Å². The predicted molar refractivity (Wildman–Crippen MR) is 122 cm³/mol. The maximum Gasteiger partial charge on any atom is 0.212 e. The Morgan fingerprint density at radius 2 is 1.93 bits per heavy atom. The van der Waals surface area contributed by atoms with E-state index in [0.29, 0.717) is 21.5 Å². The standard InChI is InChI=1S/C21H24Cl2N6S/c22-14-4-3-5-15(18(14)23)30-16-12-25-20(29-13-26-27-19(16)29)28-10-8-21(9-11-28)7-2-1-6-17(21)24/h3-5,12-13,17H,1-2,6-11,24H2/t17-/m1/s1. The summed E-state index contributed by atoms with van der Waals surface area (Å²) in [5.41, 5.74) is 7.62. The first-order valence-corrected chi connectivity index (χ1v) is 12.0. The number of aromatic nitrogens is 4. The van der Waals surface area contributed by atoms with Crippen LogP contribution in [0.2, 0.25) is 10.0 Å². The van der Waals surface area contributed by atoms with Crippen molar-refractivity contribution in [3.8, 4) is 0 Å². The minimum absolute atomic E-state index is 0.306. The van der Waals surface area contributed by atoms with Crippen molar-refractivity contribution in [1.82, 2.24) is 19.6 Å². The van der Waals surface area contributed by atoms with Gasteiger partial charge < -0.3 is 10.6 Å². The molecule has 2 aliphatic rings. The van der Waals surface area contributed by atoms with Gasteiger partial charge in [0, 0.05) is 30.2 Å². The summed E-state index contributed by atoms with van der Waals surface area (Å²) in [4.78, 5) is 8.88. The quantitative estimate of drug-likeness (QED) is 0.585. The summed E-state index contributed by atoms with van der Waals surface area (Å²) in [6.07, 6.45) is 10.8. The van der Waals surface area contributed by atoms with Gasteiger partial charge in [-0.05, 0) is 43.2 Å². The molecule has 0 radical (unpaired) electrons. The second kappa shape index (κ2) is 8.19. The van der Waals surface area contributed by atoms with Gasteiger partial charge in [0.15, 0.2) is 5.65 Å². The van der Waals surface area contributed by atoms with Crippen LogP contribution in [0.4, 0.5) is 5.95 Å². The fourth-order valence-corrected chi connectivity index (χ4v) is 6.27. The molecule has 5 rings (SSSR count). The van der Waals surface area contributed by atoms with Crippen LogP contribution in [-0.4, -0.2) is 38.7 Å². The molecule has 1 spiro atoms. The number of hydrogen-bond donors (Lipinski definition) is 1. The third kappa shape index (κ3) is 3.55. The van der Waals surface area contributed by atoms with E-state index in [-0.39, 0.29) is 0 Å². The van der Waals surface area contributed by atoms with Gasteiger partial charge in [0.1, 0.15) is 6.33 Å². The van der Waals surface area contributed by atoms with Crippen LogP contribution >= 0.6 is 35.0 Å². The zero-order valence-electron chi connectivity index (χ0n) is 16.6. The number of nitrogens with two attached hydrogens (primary N) is 1. The molecule has 0 bridgehead atoms. The van der Waals surface area contributed by atoms with Crippen molar-refractivity contribution in [1.29, 1.82) is 0 Å². The Morgan fingerprint density at radius 1 is 1.10 bits per heavy atom. The molecule has 1 saturated carbocycles. The zero-order valence-corrected chi connectivity index (χ0v) is 18.9. The molecule has 30 heavy (non-hydrogen) atoms. The molecule has 1 aliphatic heterocycles. The maximum atomic E-state index is 6.54. The van der Waals surface area contributed by atoms with Crippen molar-refractivity contribution >= 4 is 46.6 Å². The molecule has 0 amide bonds. The van der Waals surface area contributed by atoms with Gasteiger partial charge in [0.05, 0.1) is 14.9 Å². The summed E-state index contributed by atoms with van der Waals surface area (Å²) in [5.74, 6) is 0.885. The van der Waals surface area contributed by atoms with Crippen LogP contribution in [0.3, 0.4) is 0 Å². The third-order valence-corrected chi connectivity index (χ3v) is 8.68. The van der Waals surface area contributed by atoms with Crippen LogP contribution in [-0.2, 0) is 0 Å². The maximum absolute atomic E-state index is 6.54. The number of piperidine rings is 1. The second-order valence-electron chi connectivity index (χ2n) is 8.30. The Morgan fingerprint density at radius 3 is 2.73 bits per heavy atom. The van der Waals surface area contributed by atoms with Crippen LogP contribution in [0.15, 0.2) is 40.5 Å². The van der Waals surface area contributed by atoms with Crippen molar-refractivity contribution in [2.24, 2.45) is 11.1 Å². The lowest BCUT2D eigenvalue weighted by molar-refractivity contribution is 0.113. The number of nitrogens with zero attached hydrogens (tertiary/aromatic N) is 5. The topological polar surface area (TPSA) is 72.3 Å². The molecule has 2 N–H and O–H groups in total. The average molecular weight is 463 g/mol. The van der Waals surface area contributed by atoms with Crippen LogP contribution in [0.1, 0.15) is 38.5 Å². The Kier molecular flexibility index (Phi) is 5.56. The molecule has 3 aromatic rings. The first-order valence-electron chi connectivity index (χ1n) is 10.4. The fourth-order valence-electron chi connectivity index (χ4n) is 4.88. The van der Waals surface area contributed by atoms with Crippen molar-refractivity contribution < 1.29 is 0 Å². The first-order chi connectivity index (χ1) is 14.6. The minimum Gasteiger partial charge on any atom is -0.342 e. The normalized spacial score (nSPS) is 21.4. The molecule has 1 saturated heterocycles. The fraction of sp³-hybridized carbons (Fsp3) is 0.476. The highest BCUT2D eigenvalue weighted by atomic mass is 35.5. The monoisotopic (exact) mass is 462 g/mol. The van der Waals surface area contributed by atoms with E-state index in [4.69, 9.17) is 33.9 Å². The summed E-state index contributed by atoms with van der Waals surface area (Å²) < 4.78 is 1.97. The van der Waals surface area contributed by atoms with Gasteiger partial charge in [-0.1, -0.05) is 53.9 Å². The highest BCUT2D eigenvalue weighted by Gasteiger charge is 2.41. The van der Waals surface area contributed by atoms with Crippen molar-refractivity contribution in [3.05, 3.63) is 40.8 Å². The minimum atomic E-state index is 0.306. The van der Waals surface area contributed by atoms with Gasteiger partial charge in [-0.3, -0.25) is 0 Å². The summed E-state index contributed by atoms with van der Waals surface area (Å²) in [5, 5.41) is 9.57. The van der Waals surface area contributed by atoms with E-state index in [0.717, 1.165) is 53.7 Å². The van der Waals surface area contributed by atoms with Crippen LogP contribution in [0, 0.1) is 5.41 Å². The van der Waals surface area contributed by atoms with E-state index < -0.39 is 0 Å². The molecule has 158 valence electrons. The SMILES string of the molecule is N[C@@H]1CCCCC12CCN(c1ncc(Sc3cccc(Cl)c3Cl)c3nncn13)CC2. The van der Waals surface area contributed by atoms with Gasteiger partial charge in [0.2, 0.25) is 5.95 Å². The number of fused-ring (bicyclic) bond motifs is 1. The molecule has 1 aromatic carbocycles. The average Bonchev–Trinajstić information content (AvgIpc) is 3.25. The van der Waals surface area contributed by atoms with Crippen molar-refractivity contribution in [2.45, 2.75) is 54.4 Å². The Labute approximate surface area is 190 Å². The molecule has 0 unspecified atom stereocenters. The second-order valence-corrected chi connectivity index (χ2v) is 10.2. The van der Waals surface area contributed by atoms with Gasteiger partial charge in [-0.15, -0.1) is 10.2 Å². The molecule has 3 heterocycles. The van der Waals surface area contributed by atoms with E-state index in [2.05, 4.69) is 15.1 Å². The Hall–Kier alpha value is -1.54. The highest BCUT2D eigenvalue weighted by Crippen LogP contribution is 2.44. The van der Waals surface area contributed by atoms with E-state index in [1.807, 2.05) is 22.7 Å². The summed E-state index contributed by atoms with van der Waals surface area (Å²) >= 11 is 14.0. The molecule has 2 fully saturated rings. The van der Waals surface area contributed by atoms with Crippen molar-refractivity contribution in [3.63, 3.8) is 0 Å². The van der Waals surface area contributed by atoms with Gasteiger partial charge in [0.25, 0.3) is 0 Å². The van der Waals surface area contributed by atoms with Gasteiger partial charge in [-0.2, -0.15) is 0 Å². The predicted octanol–water partition coefficient (Wildman–Crippen LogP) is 5.07. The molecule has 6 nitrogen and oxygen atoms in total. The number of hydrogen-bond acceptors (Lipinski definition) is 6. The third-order valence-electron chi connectivity index (χ3n) is 6.69. The lowest BCUT2D eigenvalue weighted by atomic mass is 9.65.